The van der Waals surface area contributed by atoms with E-state index in [1.54, 1.807) is 0 Å². The van der Waals surface area contributed by atoms with Crippen LogP contribution in [0.15, 0.2) is 43.0 Å². The molecule has 0 aromatic heterocycles. The van der Waals surface area contributed by atoms with Gasteiger partial charge < -0.3 is 4.74 Å². The van der Waals surface area contributed by atoms with Crippen LogP contribution in [0, 0.1) is 5.92 Å². The summed E-state index contributed by atoms with van der Waals surface area (Å²) in [5, 5.41) is 0. The average molecular weight is 340 g/mol. The molecule has 2 aliphatic heterocycles. The molecule has 2 saturated heterocycles. The van der Waals surface area contributed by atoms with Crippen LogP contribution in [0.5, 0.6) is 0 Å². The third-order valence-corrected chi connectivity index (χ3v) is 6.73. The topological polar surface area (TPSA) is 12.5 Å². The molecule has 2 heteroatoms. The van der Waals surface area contributed by atoms with Gasteiger partial charge in [-0.1, -0.05) is 55.7 Å². The Labute approximate surface area is 153 Å². The van der Waals surface area contributed by atoms with E-state index in [0.717, 1.165) is 6.54 Å². The molecule has 136 valence electrons. The third kappa shape index (κ3) is 3.85. The predicted molar refractivity (Wildman–Crippen MR) is 104 cm³/mol. The highest BCUT2D eigenvalue weighted by molar-refractivity contribution is 5.19. The van der Waals surface area contributed by atoms with Crippen molar-refractivity contribution in [3.63, 3.8) is 0 Å². The van der Waals surface area contributed by atoms with Gasteiger partial charge in [0.2, 0.25) is 0 Å². The second-order valence-corrected chi connectivity index (χ2v) is 8.33. The Hall–Kier alpha value is -1.12. The maximum atomic E-state index is 6.87. The summed E-state index contributed by atoms with van der Waals surface area (Å²) in [5.41, 5.74) is 1.40. The molecule has 2 bridgehead atoms. The minimum Gasteiger partial charge on any atom is -0.370 e. The number of fused-ring (bicyclic) bond motifs is 2. The largest absolute Gasteiger partial charge is 0.370 e. The minimum atomic E-state index is 0.303. The molecule has 0 N–H and O–H groups in total. The Morgan fingerprint density at radius 1 is 1.00 bits per heavy atom. The third-order valence-electron chi connectivity index (χ3n) is 6.73. The zero-order valence-corrected chi connectivity index (χ0v) is 15.5. The second-order valence-electron chi connectivity index (χ2n) is 8.33. The van der Waals surface area contributed by atoms with E-state index in [0.29, 0.717) is 30.2 Å². The number of piperidine rings is 1. The molecular weight excluding hydrogens is 306 g/mol. The summed E-state index contributed by atoms with van der Waals surface area (Å²) in [7, 11) is 0. The highest BCUT2D eigenvalue weighted by Crippen LogP contribution is 2.42. The molecule has 2 heterocycles. The summed E-state index contributed by atoms with van der Waals surface area (Å²) >= 11 is 0. The van der Waals surface area contributed by atoms with Crippen LogP contribution in [0.25, 0.3) is 0 Å². The van der Waals surface area contributed by atoms with Gasteiger partial charge in [0.25, 0.3) is 0 Å². The highest BCUT2D eigenvalue weighted by Gasteiger charge is 2.41. The molecule has 2 unspecified atom stereocenters. The van der Waals surface area contributed by atoms with Gasteiger partial charge in [-0.3, -0.25) is 4.90 Å². The van der Waals surface area contributed by atoms with E-state index in [1.807, 2.05) is 0 Å². The number of nitrogens with zero attached hydrogens (tertiary/aromatic N) is 1. The van der Waals surface area contributed by atoms with Crippen LogP contribution in [0.2, 0.25) is 0 Å². The first-order valence-electron chi connectivity index (χ1n) is 10.4. The molecule has 1 aromatic carbocycles. The molecular formula is C23H33NO. The molecule has 25 heavy (non-hydrogen) atoms. The SMILES string of the molecule is C=CCN1[C@@H]2CC[C@H]1CC(OC(c1ccccc1)C1CCCCC1)C2. The summed E-state index contributed by atoms with van der Waals surface area (Å²) in [5.74, 6) is 0.708. The Morgan fingerprint density at radius 3 is 2.32 bits per heavy atom. The lowest BCUT2D eigenvalue weighted by Crippen LogP contribution is -2.45. The van der Waals surface area contributed by atoms with E-state index in [9.17, 15) is 0 Å². The first-order chi connectivity index (χ1) is 12.3. The zero-order chi connectivity index (χ0) is 17.1. The minimum absolute atomic E-state index is 0.303. The molecule has 4 rings (SSSR count). The lowest BCUT2D eigenvalue weighted by molar-refractivity contribution is -0.0876. The summed E-state index contributed by atoms with van der Waals surface area (Å²) in [4.78, 5) is 2.67. The van der Waals surface area contributed by atoms with Gasteiger partial charge in [-0.2, -0.15) is 0 Å². The van der Waals surface area contributed by atoms with E-state index < -0.39 is 0 Å². The number of hydrogen-bond acceptors (Lipinski definition) is 2. The van der Waals surface area contributed by atoms with Crippen LogP contribution in [-0.2, 0) is 4.74 Å². The van der Waals surface area contributed by atoms with E-state index in [1.165, 1.54) is 63.4 Å². The molecule has 1 aromatic rings. The molecule has 0 amide bonds. The fourth-order valence-corrected chi connectivity index (χ4v) is 5.53. The van der Waals surface area contributed by atoms with Gasteiger partial charge in [0, 0.05) is 18.6 Å². The van der Waals surface area contributed by atoms with Crippen molar-refractivity contribution < 1.29 is 4.74 Å². The van der Waals surface area contributed by atoms with Crippen LogP contribution in [0.1, 0.15) is 69.5 Å². The first-order valence-corrected chi connectivity index (χ1v) is 10.4. The Morgan fingerprint density at radius 2 is 1.68 bits per heavy atom. The van der Waals surface area contributed by atoms with Crippen LogP contribution < -0.4 is 0 Å². The Bertz CT molecular complexity index is 536. The van der Waals surface area contributed by atoms with Gasteiger partial charge in [0.1, 0.15) is 0 Å². The van der Waals surface area contributed by atoms with Crippen molar-refractivity contribution in [3.05, 3.63) is 48.6 Å². The summed E-state index contributed by atoms with van der Waals surface area (Å²) in [6.07, 6.45) is 14.7. The number of rotatable bonds is 6. The standard InChI is InChI=1S/C23H33NO/c1-2-15-24-20-13-14-21(24)17-22(16-20)25-23(18-9-5-3-6-10-18)19-11-7-4-8-12-19/h2-3,5-6,9-10,19-23H,1,4,7-8,11-17H2/t20-,21+,22?,23?. The summed E-state index contributed by atoms with van der Waals surface area (Å²) in [6.45, 7) is 5.00. The maximum absolute atomic E-state index is 6.87. The molecule has 2 nitrogen and oxygen atoms in total. The smallest absolute Gasteiger partial charge is 0.0856 e. The van der Waals surface area contributed by atoms with Crippen LogP contribution in [0.3, 0.4) is 0 Å². The zero-order valence-electron chi connectivity index (χ0n) is 15.5. The normalized spacial score (nSPS) is 31.8. The maximum Gasteiger partial charge on any atom is 0.0856 e. The molecule has 0 spiro atoms. The van der Waals surface area contributed by atoms with Crippen LogP contribution in [0.4, 0.5) is 0 Å². The van der Waals surface area contributed by atoms with Crippen molar-refractivity contribution in [1.29, 1.82) is 0 Å². The fraction of sp³-hybridized carbons (Fsp3) is 0.652. The summed E-state index contributed by atoms with van der Waals surface area (Å²) < 4.78 is 6.87. The van der Waals surface area contributed by atoms with Crippen LogP contribution >= 0.6 is 0 Å². The van der Waals surface area contributed by atoms with Crippen molar-refractivity contribution in [2.24, 2.45) is 5.92 Å². The van der Waals surface area contributed by atoms with E-state index in [4.69, 9.17) is 4.74 Å². The highest BCUT2D eigenvalue weighted by atomic mass is 16.5. The molecule has 3 aliphatic rings. The van der Waals surface area contributed by atoms with Gasteiger partial charge >= 0.3 is 0 Å². The molecule has 1 saturated carbocycles. The molecule has 3 fully saturated rings. The molecule has 0 radical (unpaired) electrons. The quantitative estimate of drug-likeness (QED) is 0.634. The van der Waals surface area contributed by atoms with E-state index >= 15 is 0 Å². The van der Waals surface area contributed by atoms with E-state index in [-0.39, 0.29) is 0 Å². The van der Waals surface area contributed by atoms with Crippen molar-refractivity contribution in [3.8, 4) is 0 Å². The Kier molecular flexibility index (Phi) is 5.57. The number of hydrogen-bond donors (Lipinski definition) is 0. The lowest BCUT2D eigenvalue weighted by Gasteiger charge is -2.41. The van der Waals surface area contributed by atoms with Gasteiger partial charge in [-0.15, -0.1) is 6.58 Å². The average Bonchev–Trinajstić information content (AvgIpc) is 2.90. The molecule has 4 atom stereocenters. The monoisotopic (exact) mass is 339 g/mol. The van der Waals surface area contributed by atoms with Crippen LogP contribution in [-0.4, -0.2) is 29.6 Å². The Balaban J connectivity index is 1.47. The van der Waals surface area contributed by atoms with Crippen molar-refractivity contribution in [2.75, 3.05) is 6.54 Å². The predicted octanol–water partition coefficient (Wildman–Crippen LogP) is 5.51. The van der Waals surface area contributed by atoms with Gasteiger partial charge in [-0.25, -0.2) is 0 Å². The lowest BCUT2D eigenvalue weighted by atomic mass is 9.82. The first kappa shape index (κ1) is 17.3. The van der Waals surface area contributed by atoms with Gasteiger partial charge in [-0.05, 0) is 50.0 Å². The van der Waals surface area contributed by atoms with Crippen molar-refractivity contribution in [1.82, 2.24) is 4.90 Å². The van der Waals surface area contributed by atoms with Gasteiger partial charge in [0.15, 0.2) is 0 Å². The van der Waals surface area contributed by atoms with E-state index in [2.05, 4.69) is 47.9 Å². The molecule has 1 aliphatic carbocycles. The van der Waals surface area contributed by atoms with Gasteiger partial charge in [0.05, 0.1) is 12.2 Å². The number of ether oxygens (including phenoxy) is 1. The van der Waals surface area contributed by atoms with Crippen molar-refractivity contribution >= 4 is 0 Å². The fourth-order valence-electron chi connectivity index (χ4n) is 5.53. The second kappa shape index (κ2) is 8.05. The summed E-state index contributed by atoms with van der Waals surface area (Å²) in [6, 6.07) is 12.4. The van der Waals surface area contributed by atoms with Crippen molar-refractivity contribution in [2.45, 2.75) is 82.1 Å². The number of benzene rings is 1.